The predicted molar refractivity (Wildman–Crippen MR) is 46.9 cm³/mol. The molecule has 0 bridgehead atoms. The maximum Gasteiger partial charge on any atom is 0.221 e. The summed E-state index contributed by atoms with van der Waals surface area (Å²) in [5.41, 5.74) is 1.79. The van der Waals surface area contributed by atoms with Crippen LogP contribution in [0.1, 0.15) is 19.5 Å². The molecule has 1 N–H and O–H groups in total. The van der Waals surface area contributed by atoms with Crippen LogP contribution < -0.4 is 5.32 Å². The molecule has 0 aliphatic rings. The molecular formula is C8H13N3O. The van der Waals surface area contributed by atoms with Gasteiger partial charge in [-0.1, -0.05) is 0 Å². The van der Waals surface area contributed by atoms with Crippen LogP contribution in [0.25, 0.3) is 0 Å². The minimum atomic E-state index is -0.0613. The van der Waals surface area contributed by atoms with Crippen molar-refractivity contribution in [2.24, 2.45) is 0 Å². The average Bonchev–Trinajstić information content (AvgIpc) is 2.32. The van der Waals surface area contributed by atoms with Gasteiger partial charge in [-0.3, -0.25) is 9.48 Å². The normalized spacial score (nSPS) is 9.92. The van der Waals surface area contributed by atoms with Crippen LogP contribution in [0, 0.1) is 6.92 Å². The van der Waals surface area contributed by atoms with E-state index < -0.39 is 0 Å². The summed E-state index contributed by atoms with van der Waals surface area (Å²) in [6, 6.07) is 0. The molecule has 0 atom stereocenters. The van der Waals surface area contributed by atoms with Gasteiger partial charge < -0.3 is 5.32 Å². The first-order chi connectivity index (χ1) is 5.65. The largest absolute Gasteiger partial charge is 0.323 e. The SMILES string of the molecule is CCn1ncc(NC(C)=O)c1C. The summed E-state index contributed by atoms with van der Waals surface area (Å²) < 4.78 is 1.84. The minimum Gasteiger partial charge on any atom is -0.323 e. The number of anilines is 1. The van der Waals surface area contributed by atoms with E-state index in [9.17, 15) is 4.79 Å². The smallest absolute Gasteiger partial charge is 0.221 e. The summed E-state index contributed by atoms with van der Waals surface area (Å²) in [6.45, 7) is 6.26. The Hall–Kier alpha value is -1.32. The molecule has 0 fully saturated rings. The maximum atomic E-state index is 10.7. The molecule has 0 radical (unpaired) electrons. The molecule has 1 aromatic heterocycles. The molecule has 4 heteroatoms. The zero-order valence-electron chi connectivity index (χ0n) is 7.59. The van der Waals surface area contributed by atoms with Crippen LogP contribution >= 0.6 is 0 Å². The van der Waals surface area contributed by atoms with E-state index in [-0.39, 0.29) is 5.91 Å². The Bertz CT molecular complexity index is 290. The zero-order valence-corrected chi connectivity index (χ0v) is 7.59. The molecule has 4 nitrogen and oxygen atoms in total. The van der Waals surface area contributed by atoms with Crippen LogP contribution in [-0.4, -0.2) is 15.7 Å². The minimum absolute atomic E-state index is 0.0613. The summed E-state index contributed by atoms with van der Waals surface area (Å²) in [7, 11) is 0. The highest BCUT2D eigenvalue weighted by Gasteiger charge is 2.04. The molecule has 1 rings (SSSR count). The number of nitrogens with one attached hydrogen (secondary N) is 1. The molecule has 66 valence electrons. The number of aryl methyl sites for hydroxylation is 1. The molecular weight excluding hydrogens is 154 g/mol. The van der Waals surface area contributed by atoms with Crippen LogP contribution in [-0.2, 0) is 11.3 Å². The summed E-state index contributed by atoms with van der Waals surface area (Å²) in [5, 5.41) is 6.79. The van der Waals surface area contributed by atoms with Gasteiger partial charge in [0.05, 0.1) is 17.6 Å². The van der Waals surface area contributed by atoms with Crippen molar-refractivity contribution in [1.82, 2.24) is 9.78 Å². The molecule has 0 saturated carbocycles. The van der Waals surface area contributed by atoms with Gasteiger partial charge in [0.25, 0.3) is 0 Å². The number of nitrogens with zero attached hydrogens (tertiary/aromatic N) is 2. The van der Waals surface area contributed by atoms with E-state index in [1.165, 1.54) is 6.92 Å². The zero-order chi connectivity index (χ0) is 9.14. The van der Waals surface area contributed by atoms with Crippen LogP contribution in [0.3, 0.4) is 0 Å². The lowest BCUT2D eigenvalue weighted by Crippen LogP contribution is -2.07. The van der Waals surface area contributed by atoms with E-state index in [1.54, 1.807) is 6.20 Å². The van der Waals surface area contributed by atoms with Gasteiger partial charge in [0.15, 0.2) is 0 Å². The van der Waals surface area contributed by atoms with Crippen molar-refractivity contribution in [3.05, 3.63) is 11.9 Å². The van der Waals surface area contributed by atoms with Gasteiger partial charge in [0.1, 0.15) is 0 Å². The lowest BCUT2D eigenvalue weighted by atomic mass is 10.4. The molecule has 0 aromatic carbocycles. The van der Waals surface area contributed by atoms with Crippen molar-refractivity contribution in [3.63, 3.8) is 0 Å². The highest BCUT2D eigenvalue weighted by Crippen LogP contribution is 2.12. The fraction of sp³-hybridized carbons (Fsp3) is 0.500. The van der Waals surface area contributed by atoms with Crippen LogP contribution in [0.4, 0.5) is 5.69 Å². The van der Waals surface area contributed by atoms with Crippen molar-refractivity contribution < 1.29 is 4.79 Å². The topological polar surface area (TPSA) is 46.9 Å². The first kappa shape index (κ1) is 8.77. The van der Waals surface area contributed by atoms with Crippen molar-refractivity contribution in [2.75, 3.05) is 5.32 Å². The molecule has 0 saturated heterocycles. The fourth-order valence-electron chi connectivity index (χ4n) is 1.08. The number of carbonyl (C=O) groups excluding carboxylic acids is 1. The summed E-state index contributed by atoms with van der Waals surface area (Å²) >= 11 is 0. The Labute approximate surface area is 71.6 Å². The Kier molecular flexibility index (Phi) is 2.47. The quantitative estimate of drug-likeness (QED) is 0.718. The molecule has 0 unspecified atom stereocenters. The van der Waals surface area contributed by atoms with Crippen molar-refractivity contribution in [3.8, 4) is 0 Å². The number of rotatable bonds is 2. The highest BCUT2D eigenvalue weighted by molar-refractivity contribution is 5.89. The summed E-state index contributed by atoms with van der Waals surface area (Å²) in [5.74, 6) is -0.0613. The lowest BCUT2D eigenvalue weighted by molar-refractivity contribution is -0.114. The second-order valence-corrected chi connectivity index (χ2v) is 2.64. The van der Waals surface area contributed by atoms with E-state index in [0.29, 0.717) is 0 Å². The molecule has 0 aliphatic heterocycles. The Morgan fingerprint density at radius 1 is 1.75 bits per heavy atom. The second-order valence-electron chi connectivity index (χ2n) is 2.64. The predicted octanol–water partition coefficient (Wildman–Crippen LogP) is 1.17. The lowest BCUT2D eigenvalue weighted by Gasteiger charge is -2.01. The Morgan fingerprint density at radius 2 is 2.42 bits per heavy atom. The molecule has 0 spiro atoms. The van der Waals surface area contributed by atoms with Gasteiger partial charge in [0, 0.05) is 13.5 Å². The van der Waals surface area contributed by atoms with Crippen LogP contribution in [0.2, 0.25) is 0 Å². The van der Waals surface area contributed by atoms with E-state index in [2.05, 4.69) is 10.4 Å². The number of hydrogen-bond acceptors (Lipinski definition) is 2. The van der Waals surface area contributed by atoms with Gasteiger partial charge in [-0.15, -0.1) is 0 Å². The van der Waals surface area contributed by atoms with E-state index in [1.807, 2.05) is 18.5 Å². The van der Waals surface area contributed by atoms with Crippen molar-refractivity contribution >= 4 is 11.6 Å². The number of carbonyl (C=O) groups is 1. The standard InChI is InChI=1S/C8H13N3O/c1-4-11-6(2)8(5-9-11)10-7(3)12/h5H,4H2,1-3H3,(H,10,12). The van der Waals surface area contributed by atoms with Crippen molar-refractivity contribution in [1.29, 1.82) is 0 Å². The molecule has 1 aromatic rings. The molecule has 1 heterocycles. The van der Waals surface area contributed by atoms with Gasteiger partial charge >= 0.3 is 0 Å². The third-order valence-corrected chi connectivity index (χ3v) is 1.71. The average molecular weight is 167 g/mol. The van der Waals surface area contributed by atoms with E-state index in [4.69, 9.17) is 0 Å². The number of aromatic nitrogens is 2. The molecule has 0 aliphatic carbocycles. The van der Waals surface area contributed by atoms with Gasteiger partial charge in [-0.05, 0) is 13.8 Å². The number of hydrogen-bond donors (Lipinski definition) is 1. The van der Waals surface area contributed by atoms with E-state index >= 15 is 0 Å². The third kappa shape index (κ3) is 1.64. The van der Waals surface area contributed by atoms with Crippen LogP contribution in [0.5, 0.6) is 0 Å². The van der Waals surface area contributed by atoms with Gasteiger partial charge in [-0.2, -0.15) is 5.10 Å². The van der Waals surface area contributed by atoms with Gasteiger partial charge in [-0.25, -0.2) is 0 Å². The van der Waals surface area contributed by atoms with E-state index in [0.717, 1.165) is 17.9 Å². The molecule has 1 amide bonds. The van der Waals surface area contributed by atoms with Gasteiger partial charge in [0.2, 0.25) is 5.91 Å². The Balaban J connectivity index is 2.87. The maximum absolute atomic E-state index is 10.7. The third-order valence-electron chi connectivity index (χ3n) is 1.71. The summed E-state index contributed by atoms with van der Waals surface area (Å²) in [4.78, 5) is 10.7. The fourth-order valence-corrected chi connectivity index (χ4v) is 1.08. The number of amides is 1. The Morgan fingerprint density at radius 3 is 2.83 bits per heavy atom. The van der Waals surface area contributed by atoms with Crippen molar-refractivity contribution in [2.45, 2.75) is 27.3 Å². The monoisotopic (exact) mass is 167 g/mol. The second kappa shape index (κ2) is 3.38. The molecule has 12 heavy (non-hydrogen) atoms. The van der Waals surface area contributed by atoms with Crippen LogP contribution in [0.15, 0.2) is 6.20 Å². The first-order valence-corrected chi connectivity index (χ1v) is 3.95. The highest BCUT2D eigenvalue weighted by atomic mass is 16.1. The first-order valence-electron chi connectivity index (χ1n) is 3.95. The summed E-state index contributed by atoms with van der Waals surface area (Å²) in [6.07, 6.45) is 1.67.